The highest BCUT2D eigenvalue weighted by Crippen LogP contribution is 2.00. The number of nitrogens with two attached hydrogens (primary N) is 1. The van der Waals surface area contributed by atoms with E-state index in [1.165, 1.54) is 0 Å². The minimum atomic E-state index is 0.155. The number of carbonyl (C=O) groups excluding carboxylic acids is 1. The van der Waals surface area contributed by atoms with Crippen molar-refractivity contribution < 1.29 is 4.79 Å². The van der Waals surface area contributed by atoms with Gasteiger partial charge in [0.05, 0.1) is 6.54 Å². The minimum absolute atomic E-state index is 0.155. The first-order valence-corrected chi connectivity index (χ1v) is 7.03. The van der Waals surface area contributed by atoms with Crippen LogP contribution in [0.2, 0.25) is 0 Å². The van der Waals surface area contributed by atoms with Gasteiger partial charge in [0, 0.05) is 45.8 Å². The quantitative estimate of drug-likeness (QED) is 0.658. The van der Waals surface area contributed by atoms with Crippen LogP contribution in [0.1, 0.15) is 20.3 Å². The topological polar surface area (TPSA) is 61.6 Å². The van der Waals surface area contributed by atoms with Crippen LogP contribution in [-0.4, -0.2) is 68.1 Å². The van der Waals surface area contributed by atoms with Gasteiger partial charge < -0.3 is 11.1 Å². The molecule has 1 aliphatic rings. The van der Waals surface area contributed by atoms with Gasteiger partial charge in [-0.15, -0.1) is 0 Å². The van der Waals surface area contributed by atoms with E-state index in [4.69, 9.17) is 5.73 Å². The molecule has 0 atom stereocenters. The van der Waals surface area contributed by atoms with Gasteiger partial charge in [-0.3, -0.25) is 14.6 Å². The molecule has 0 bridgehead atoms. The Balaban J connectivity index is 2.10. The molecule has 1 rings (SSSR count). The van der Waals surface area contributed by atoms with Gasteiger partial charge in [0.25, 0.3) is 0 Å². The highest BCUT2D eigenvalue weighted by molar-refractivity contribution is 5.77. The molecule has 0 saturated carbocycles. The fourth-order valence-corrected chi connectivity index (χ4v) is 2.11. The first kappa shape index (κ1) is 15.4. The Labute approximate surface area is 111 Å². The molecule has 5 heteroatoms. The molecule has 0 spiro atoms. The molecule has 1 heterocycles. The molecule has 0 aromatic heterocycles. The lowest BCUT2D eigenvalue weighted by Crippen LogP contribution is -2.50. The highest BCUT2D eigenvalue weighted by Gasteiger charge is 2.17. The Kier molecular flexibility index (Phi) is 7.23. The first-order valence-electron chi connectivity index (χ1n) is 7.03. The molecular formula is C13H28N4O. The number of carbonyl (C=O) groups is 1. The van der Waals surface area contributed by atoms with Gasteiger partial charge in [-0.2, -0.15) is 0 Å². The Hall–Kier alpha value is -0.650. The van der Waals surface area contributed by atoms with Crippen LogP contribution < -0.4 is 11.1 Å². The maximum absolute atomic E-state index is 11.7. The second kappa shape index (κ2) is 8.45. The van der Waals surface area contributed by atoms with Gasteiger partial charge in [0.15, 0.2) is 0 Å². The molecule has 3 N–H and O–H groups in total. The van der Waals surface area contributed by atoms with E-state index in [-0.39, 0.29) is 5.91 Å². The summed E-state index contributed by atoms with van der Waals surface area (Å²) in [5, 5.41) is 2.98. The number of piperazine rings is 1. The van der Waals surface area contributed by atoms with Crippen LogP contribution in [0.25, 0.3) is 0 Å². The predicted octanol–water partition coefficient (Wildman–Crippen LogP) is -0.275. The fraction of sp³-hybridized carbons (Fsp3) is 0.923. The van der Waals surface area contributed by atoms with E-state index in [1.807, 2.05) is 0 Å². The van der Waals surface area contributed by atoms with E-state index in [2.05, 4.69) is 29.0 Å². The van der Waals surface area contributed by atoms with Gasteiger partial charge in [-0.05, 0) is 12.3 Å². The third-order valence-corrected chi connectivity index (χ3v) is 3.32. The average Bonchev–Trinajstić information content (AvgIpc) is 2.31. The van der Waals surface area contributed by atoms with Crippen LogP contribution in [0, 0.1) is 5.92 Å². The van der Waals surface area contributed by atoms with Crippen molar-refractivity contribution in [2.24, 2.45) is 11.7 Å². The van der Waals surface area contributed by atoms with Crippen LogP contribution in [0.15, 0.2) is 0 Å². The van der Waals surface area contributed by atoms with Crippen molar-refractivity contribution in [3.05, 3.63) is 0 Å². The number of amides is 1. The summed E-state index contributed by atoms with van der Waals surface area (Å²) >= 11 is 0. The summed E-state index contributed by atoms with van der Waals surface area (Å²) < 4.78 is 0. The summed E-state index contributed by atoms with van der Waals surface area (Å²) in [5.41, 5.74) is 5.53. The maximum atomic E-state index is 11.7. The van der Waals surface area contributed by atoms with Gasteiger partial charge in [0.2, 0.25) is 5.91 Å². The normalized spacial score (nSPS) is 18.2. The molecule has 1 fully saturated rings. The van der Waals surface area contributed by atoms with E-state index < -0.39 is 0 Å². The Morgan fingerprint density at radius 2 is 1.83 bits per heavy atom. The van der Waals surface area contributed by atoms with Crippen LogP contribution in [0.4, 0.5) is 0 Å². The lowest BCUT2D eigenvalue weighted by molar-refractivity contribution is -0.122. The molecule has 1 amide bonds. The fourth-order valence-electron chi connectivity index (χ4n) is 2.11. The first-order chi connectivity index (χ1) is 8.61. The number of rotatable bonds is 7. The third kappa shape index (κ3) is 6.33. The zero-order valence-corrected chi connectivity index (χ0v) is 11.8. The van der Waals surface area contributed by atoms with E-state index in [9.17, 15) is 4.79 Å². The van der Waals surface area contributed by atoms with Gasteiger partial charge in [-0.1, -0.05) is 13.8 Å². The number of nitrogens with zero attached hydrogens (tertiary/aromatic N) is 2. The predicted molar refractivity (Wildman–Crippen MR) is 74.4 cm³/mol. The molecule has 1 saturated heterocycles. The molecule has 5 nitrogen and oxygen atoms in total. The Morgan fingerprint density at radius 1 is 1.22 bits per heavy atom. The summed E-state index contributed by atoms with van der Waals surface area (Å²) in [5.74, 6) is 0.799. The number of hydrogen-bond donors (Lipinski definition) is 2. The van der Waals surface area contributed by atoms with Crippen molar-refractivity contribution in [3.63, 3.8) is 0 Å². The van der Waals surface area contributed by atoms with E-state index in [1.54, 1.807) is 0 Å². The molecule has 0 aliphatic carbocycles. The molecular weight excluding hydrogens is 228 g/mol. The molecule has 0 unspecified atom stereocenters. The SMILES string of the molecule is CC(C)CCNC(=O)CN1CCN(CCN)CC1. The Bertz CT molecular complexity index is 237. The van der Waals surface area contributed by atoms with Crippen molar-refractivity contribution in [2.75, 3.05) is 52.4 Å². The summed E-state index contributed by atoms with van der Waals surface area (Å²) in [7, 11) is 0. The molecule has 0 aromatic carbocycles. The summed E-state index contributed by atoms with van der Waals surface area (Å²) in [6.45, 7) is 11.3. The second-order valence-electron chi connectivity index (χ2n) is 5.44. The van der Waals surface area contributed by atoms with Crippen molar-refractivity contribution in [2.45, 2.75) is 20.3 Å². The largest absolute Gasteiger partial charge is 0.355 e. The van der Waals surface area contributed by atoms with E-state index in [0.29, 0.717) is 12.5 Å². The number of hydrogen-bond acceptors (Lipinski definition) is 4. The van der Waals surface area contributed by atoms with Gasteiger partial charge >= 0.3 is 0 Å². The van der Waals surface area contributed by atoms with Crippen LogP contribution in [0.5, 0.6) is 0 Å². The molecule has 1 aliphatic heterocycles. The van der Waals surface area contributed by atoms with Crippen molar-refractivity contribution in [1.82, 2.24) is 15.1 Å². The molecule has 0 radical (unpaired) electrons. The lowest BCUT2D eigenvalue weighted by Gasteiger charge is -2.33. The summed E-state index contributed by atoms with van der Waals surface area (Å²) in [6, 6.07) is 0. The summed E-state index contributed by atoms with van der Waals surface area (Å²) in [6.07, 6.45) is 1.05. The zero-order chi connectivity index (χ0) is 13.4. The smallest absolute Gasteiger partial charge is 0.234 e. The monoisotopic (exact) mass is 256 g/mol. The van der Waals surface area contributed by atoms with Crippen LogP contribution in [-0.2, 0) is 4.79 Å². The standard InChI is InChI=1S/C13H28N4O/c1-12(2)3-5-15-13(18)11-17-9-7-16(6-4-14)8-10-17/h12H,3-11,14H2,1-2H3,(H,15,18). The van der Waals surface area contributed by atoms with Gasteiger partial charge in [0.1, 0.15) is 0 Å². The van der Waals surface area contributed by atoms with E-state index >= 15 is 0 Å². The van der Waals surface area contributed by atoms with Crippen molar-refractivity contribution >= 4 is 5.91 Å². The minimum Gasteiger partial charge on any atom is -0.355 e. The van der Waals surface area contributed by atoms with Crippen LogP contribution in [0.3, 0.4) is 0 Å². The average molecular weight is 256 g/mol. The van der Waals surface area contributed by atoms with Crippen molar-refractivity contribution in [3.8, 4) is 0 Å². The highest BCUT2D eigenvalue weighted by atomic mass is 16.2. The second-order valence-corrected chi connectivity index (χ2v) is 5.44. The lowest BCUT2D eigenvalue weighted by atomic mass is 10.1. The van der Waals surface area contributed by atoms with Gasteiger partial charge in [-0.25, -0.2) is 0 Å². The van der Waals surface area contributed by atoms with Crippen molar-refractivity contribution in [1.29, 1.82) is 0 Å². The molecule has 106 valence electrons. The third-order valence-electron chi connectivity index (χ3n) is 3.32. The summed E-state index contributed by atoms with van der Waals surface area (Å²) in [4.78, 5) is 16.3. The molecule has 18 heavy (non-hydrogen) atoms. The molecule has 0 aromatic rings. The Morgan fingerprint density at radius 3 is 2.39 bits per heavy atom. The van der Waals surface area contributed by atoms with Crippen LogP contribution >= 0.6 is 0 Å². The maximum Gasteiger partial charge on any atom is 0.234 e. The number of nitrogens with one attached hydrogen (secondary N) is 1. The van der Waals surface area contributed by atoms with E-state index in [0.717, 1.165) is 52.2 Å². The zero-order valence-electron chi connectivity index (χ0n) is 11.8.